The average Bonchev–Trinajstić information content (AvgIpc) is 2.78. The molecule has 0 radical (unpaired) electrons. The van der Waals surface area contributed by atoms with Gasteiger partial charge in [-0.15, -0.1) is 11.3 Å². The lowest BCUT2D eigenvalue weighted by molar-refractivity contribution is 0.103. The third-order valence-corrected chi connectivity index (χ3v) is 5.00. The van der Waals surface area contributed by atoms with Gasteiger partial charge in [-0.25, -0.2) is 4.98 Å². The molecule has 0 saturated carbocycles. The molecular formula is C14H7Cl3N2OS. The highest BCUT2D eigenvalue weighted by Gasteiger charge is 2.18. The minimum absolute atomic E-state index is 0.228. The van der Waals surface area contributed by atoms with Gasteiger partial charge in [-0.05, 0) is 24.3 Å². The van der Waals surface area contributed by atoms with Gasteiger partial charge in [0.1, 0.15) is 4.88 Å². The van der Waals surface area contributed by atoms with E-state index in [9.17, 15) is 4.79 Å². The molecule has 0 fully saturated rings. The summed E-state index contributed by atoms with van der Waals surface area (Å²) in [5.41, 5.74) is 0.440. The van der Waals surface area contributed by atoms with Crippen molar-refractivity contribution < 1.29 is 4.79 Å². The first kappa shape index (κ1) is 14.6. The van der Waals surface area contributed by atoms with E-state index in [0.29, 0.717) is 20.6 Å². The van der Waals surface area contributed by atoms with E-state index in [1.807, 2.05) is 0 Å². The molecule has 0 unspecified atom stereocenters. The summed E-state index contributed by atoms with van der Waals surface area (Å²) < 4.78 is 0.856. The number of pyridine rings is 1. The van der Waals surface area contributed by atoms with Crippen molar-refractivity contribution in [2.75, 3.05) is 5.32 Å². The van der Waals surface area contributed by atoms with Crippen LogP contribution in [0.4, 0.5) is 5.69 Å². The lowest BCUT2D eigenvalue weighted by Gasteiger charge is -2.04. The van der Waals surface area contributed by atoms with Crippen LogP contribution in [0.2, 0.25) is 15.2 Å². The first-order chi connectivity index (χ1) is 10.1. The molecule has 0 saturated heterocycles. The van der Waals surface area contributed by atoms with Crippen LogP contribution in [-0.4, -0.2) is 10.9 Å². The molecule has 3 nitrogen and oxygen atoms in total. The number of hydrogen-bond donors (Lipinski definition) is 1. The second-order valence-electron chi connectivity index (χ2n) is 4.18. The second-order valence-corrected chi connectivity index (χ2v) is 6.41. The SMILES string of the molecule is O=C(Nc1cccnc1Cl)c1sc2cc(Cl)ccc2c1Cl. The molecular weight excluding hydrogens is 351 g/mol. The van der Waals surface area contributed by atoms with E-state index >= 15 is 0 Å². The fraction of sp³-hybridized carbons (Fsp3) is 0. The van der Waals surface area contributed by atoms with Gasteiger partial charge < -0.3 is 5.32 Å². The van der Waals surface area contributed by atoms with E-state index in [1.54, 1.807) is 36.5 Å². The molecule has 1 aromatic carbocycles. The van der Waals surface area contributed by atoms with E-state index < -0.39 is 0 Å². The van der Waals surface area contributed by atoms with Crippen molar-refractivity contribution in [3.63, 3.8) is 0 Å². The molecule has 0 aliphatic carbocycles. The highest BCUT2D eigenvalue weighted by atomic mass is 35.5. The number of hydrogen-bond acceptors (Lipinski definition) is 3. The molecule has 0 spiro atoms. The Morgan fingerprint density at radius 1 is 1.19 bits per heavy atom. The molecule has 0 bridgehead atoms. The molecule has 0 aliphatic heterocycles. The van der Waals surface area contributed by atoms with Crippen LogP contribution in [0.3, 0.4) is 0 Å². The van der Waals surface area contributed by atoms with Crippen molar-refractivity contribution in [1.29, 1.82) is 0 Å². The fourth-order valence-electron chi connectivity index (χ4n) is 1.84. The predicted octanol–water partition coefficient (Wildman–Crippen LogP) is 5.51. The number of aromatic nitrogens is 1. The molecule has 7 heteroatoms. The zero-order chi connectivity index (χ0) is 15.0. The summed E-state index contributed by atoms with van der Waals surface area (Å²) in [6.45, 7) is 0. The number of nitrogens with zero attached hydrogens (tertiary/aromatic N) is 1. The van der Waals surface area contributed by atoms with E-state index in [-0.39, 0.29) is 11.1 Å². The quantitative estimate of drug-likeness (QED) is 0.614. The predicted molar refractivity (Wildman–Crippen MR) is 89.0 cm³/mol. The number of benzene rings is 1. The van der Waals surface area contributed by atoms with Gasteiger partial charge in [-0.1, -0.05) is 40.9 Å². The monoisotopic (exact) mass is 356 g/mol. The Balaban J connectivity index is 1.98. The zero-order valence-electron chi connectivity index (χ0n) is 10.4. The normalized spacial score (nSPS) is 10.8. The van der Waals surface area contributed by atoms with Crippen LogP contribution in [0.5, 0.6) is 0 Å². The van der Waals surface area contributed by atoms with Gasteiger partial charge in [0.2, 0.25) is 0 Å². The highest BCUT2D eigenvalue weighted by molar-refractivity contribution is 7.21. The van der Waals surface area contributed by atoms with Crippen molar-refractivity contribution in [2.24, 2.45) is 0 Å². The molecule has 0 atom stereocenters. The van der Waals surface area contributed by atoms with Crippen molar-refractivity contribution >= 4 is 67.8 Å². The van der Waals surface area contributed by atoms with E-state index in [1.165, 1.54) is 11.3 Å². The third-order valence-electron chi connectivity index (χ3n) is 2.81. The maximum absolute atomic E-state index is 12.3. The number of nitrogens with one attached hydrogen (secondary N) is 1. The Hall–Kier alpha value is -1.33. The van der Waals surface area contributed by atoms with Crippen LogP contribution in [0, 0.1) is 0 Å². The van der Waals surface area contributed by atoms with Crippen LogP contribution >= 0.6 is 46.1 Å². The summed E-state index contributed by atoms with van der Waals surface area (Å²) in [7, 11) is 0. The molecule has 1 N–H and O–H groups in total. The Labute approximate surface area is 139 Å². The minimum Gasteiger partial charge on any atom is -0.319 e. The molecule has 3 aromatic rings. The van der Waals surface area contributed by atoms with E-state index in [2.05, 4.69) is 10.3 Å². The molecule has 106 valence electrons. The van der Waals surface area contributed by atoms with Crippen molar-refractivity contribution in [3.8, 4) is 0 Å². The van der Waals surface area contributed by atoms with Crippen LogP contribution in [0.15, 0.2) is 36.5 Å². The molecule has 1 amide bonds. The maximum atomic E-state index is 12.3. The molecule has 0 aliphatic rings. The standard InChI is InChI=1S/C14H7Cl3N2OS/c15-7-3-4-8-10(6-7)21-12(11(8)16)14(20)19-9-2-1-5-18-13(9)17/h1-6H,(H,19,20). The summed E-state index contributed by atoms with van der Waals surface area (Å²) in [4.78, 5) is 16.7. The van der Waals surface area contributed by atoms with Crippen LogP contribution in [-0.2, 0) is 0 Å². The van der Waals surface area contributed by atoms with Gasteiger partial charge >= 0.3 is 0 Å². The first-order valence-corrected chi connectivity index (χ1v) is 7.80. The number of thiophene rings is 1. The number of amides is 1. The van der Waals surface area contributed by atoms with E-state index in [0.717, 1.165) is 10.1 Å². The summed E-state index contributed by atoms with van der Waals surface area (Å²) in [6.07, 6.45) is 1.55. The number of carbonyl (C=O) groups is 1. The lowest BCUT2D eigenvalue weighted by Crippen LogP contribution is -2.11. The van der Waals surface area contributed by atoms with Gasteiger partial charge in [0.05, 0.1) is 10.7 Å². The Bertz CT molecular complexity index is 847. The topological polar surface area (TPSA) is 42.0 Å². The van der Waals surface area contributed by atoms with Crippen LogP contribution in [0.25, 0.3) is 10.1 Å². The van der Waals surface area contributed by atoms with E-state index in [4.69, 9.17) is 34.8 Å². The first-order valence-electron chi connectivity index (χ1n) is 5.85. The minimum atomic E-state index is -0.327. The Morgan fingerprint density at radius 2 is 2.00 bits per heavy atom. The third kappa shape index (κ3) is 2.85. The number of rotatable bonds is 2. The summed E-state index contributed by atoms with van der Waals surface area (Å²) >= 11 is 19.4. The van der Waals surface area contributed by atoms with Gasteiger partial charge in [0, 0.05) is 21.3 Å². The molecule has 21 heavy (non-hydrogen) atoms. The molecule has 3 rings (SSSR count). The molecule has 2 heterocycles. The van der Waals surface area contributed by atoms with Crippen molar-refractivity contribution in [1.82, 2.24) is 4.98 Å². The fourth-order valence-corrected chi connectivity index (χ4v) is 3.70. The number of fused-ring (bicyclic) bond motifs is 1. The van der Waals surface area contributed by atoms with Gasteiger partial charge in [0.15, 0.2) is 5.15 Å². The summed E-state index contributed by atoms with van der Waals surface area (Å²) in [5, 5.41) is 4.74. The van der Waals surface area contributed by atoms with Crippen molar-refractivity contribution in [3.05, 3.63) is 56.6 Å². The van der Waals surface area contributed by atoms with Gasteiger partial charge in [-0.2, -0.15) is 0 Å². The van der Waals surface area contributed by atoms with Crippen LogP contribution in [0.1, 0.15) is 9.67 Å². The number of anilines is 1. The summed E-state index contributed by atoms with van der Waals surface area (Å²) in [5.74, 6) is -0.327. The highest BCUT2D eigenvalue weighted by Crippen LogP contribution is 2.37. The van der Waals surface area contributed by atoms with Gasteiger partial charge in [-0.3, -0.25) is 4.79 Å². The Morgan fingerprint density at radius 3 is 2.76 bits per heavy atom. The van der Waals surface area contributed by atoms with Crippen LogP contribution < -0.4 is 5.32 Å². The zero-order valence-corrected chi connectivity index (χ0v) is 13.4. The average molecular weight is 358 g/mol. The van der Waals surface area contributed by atoms with Crippen molar-refractivity contribution in [2.45, 2.75) is 0 Å². The lowest BCUT2D eigenvalue weighted by atomic mass is 10.2. The van der Waals surface area contributed by atoms with Gasteiger partial charge in [0.25, 0.3) is 5.91 Å². The molecule has 2 aromatic heterocycles. The summed E-state index contributed by atoms with van der Waals surface area (Å²) in [6, 6.07) is 8.67. The number of carbonyl (C=O) groups excluding carboxylic acids is 1. The maximum Gasteiger partial charge on any atom is 0.267 e. The smallest absolute Gasteiger partial charge is 0.267 e. The Kier molecular flexibility index (Phi) is 4.04. The number of halogens is 3. The largest absolute Gasteiger partial charge is 0.319 e. The second kappa shape index (κ2) is 5.81.